The summed E-state index contributed by atoms with van der Waals surface area (Å²) in [6, 6.07) is 8.81. The van der Waals surface area contributed by atoms with Gasteiger partial charge in [0.1, 0.15) is 5.82 Å². The van der Waals surface area contributed by atoms with Crippen molar-refractivity contribution in [1.29, 1.82) is 0 Å². The molecule has 2 aromatic rings. The molecule has 1 heterocycles. The second-order valence-corrected chi connectivity index (χ2v) is 9.96. The third-order valence-corrected chi connectivity index (χ3v) is 7.24. The summed E-state index contributed by atoms with van der Waals surface area (Å²) in [5, 5.41) is 0. The molecule has 7 heteroatoms. The molecule has 1 aliphatic carbocycles. The van der Waals surface area contributed by atoms with Crippen molar-refractivity contribution in [2.45, 2.75) is 83.1 Å². The fourth-order valence-corrected chi connectivity index (χ4v) is 4.63. The van der Waals surface area contributed by atoms with E-state index in [0.29, 0.717) is 17.0 Å². The normalized spacial score (nSPS) is 21.2. The van der Waals surface area contributed by atoms with Crippen LogP contribution >= 0.6 is 0 Å². The second-order valence-electron chi connectivity index (χ2n) is 9.96. The van der Waals surface area contributed by atoms with Crippen molar-refractivity contribution in [3.8, 4) is 11.1 Å². The first-order chi connectivity index (χ1) is 14.9. The molecule has 0 N–H and O–H groups in total. The maximum absolute atomic E-state index is 13.8. The van der Waals surface area contributed by atoms with Gasteiger partial charge in [-0.15, -0.1) is 0 Å². The molecule has 2 aromatic carbocycles. The Balaban J connectivity index is 1.78. The van der Waals surface area contributed by atoms with Crippen molar-refractivity contribution in [2.24, 2.45) is 0 Å². The lowest BCUT2D eigenvalue weighted by Crippen LogP contribution is -2.41. The summed E-state index contributed by atoms with van der Waals surface area (Å²) in [6.07, 6.45) is 0.725. The van der Waals surface area contributed by atoms with Gasteiger partial charge in [0.25, 0.3) is 0 Å². The van der Waals surface area contributed by atoms with Gasteiger partial charge in [-0.2, -0.15) is 13.2 Å². The van der Waals surface area contributed by atoms with E-state index >= 15 is 0 Å². The monoisotopic (exact) mass is 448 g/mol. The van der Waals surface area contributed by atoms with Crippen LogP contribution in [0.1, 0.15) is 76.8 Å². The third-order valence-electron chi connectivity index (χ3n) is 7.24. The molecule has 32 heavy (non-hydrogen) atoms. The Hall–Kier alpha value is -1.86. The number of rotatable bonds is 3. The van der Waals surface area contributed by atoms with Crippen LogP contribution in [0.25, 0.3) is 11.1 Å². The van der Waals surface area contributed by atoms with Crippen LogP contribution in [0, 0.1) is 5.82 Å². The predicted octanol–water partition coefficient (Wildman–Crippen LogP) is 6.86. The zero-order chi connectivity index (χ0) is 23.3. The summed E-state index contributed by atoms with van der Waals surface area (Å²) < 4.78 is 66.2. The summed E-state index contributed by atoms with van der Waals surface area (Å²) in [4.78, 5) is 0. The van der Waals surface area contributed by atoms with Gasteiger partial charge in [-0.25, -0.2) is 4.39 Å². The van der Waals surface area contributed by atoms with Gasteiger partial charge in [0.05, 0.1) is 16.8 Å². The summed E-state index contributed by atoms with van der Waals surface area (Å²) in [5.74, 6) is -0.970. The van der Waals surface area contributed by atoms with E-state index in [1.54, 1.807) is 6.07 Å². The van der Waals surface area contributed by atoms with Gasteiger partial charge in [0, 0.05) is 0 Å². The molecular formula is C25H29BF4O2. The highest BCUT2D eigenvalue weighted by atomic mass is 19.4. The minimum atomic E-state index is -4.74. The van der Waals surface area contributed by atoms with Crippen molar-refractivity contribution in [2.75, 3.05) is 0 Å². The van der Waals surface area contributed by atoms with Gasteiger partial charge in [-0.1, -0.05) is 43.5 Å². The quantitative estimate of drug-likeness (QED) is 0.377. The summed E-state index contributed by atoms with van der Waals surface area (Å²) >= 11 is 0. The number of halogens is 4. The van der Waals surface area contributed by atoms with Crippen molar-refractivity contribution in [3.05, 3.63) is 53.3 Å². The summed E-state index contributed by atoms with van der Waals surface area (Å²) in [7, 11) is -0.537. The number of benzene rings is 2. The van der Waals surface area contributed by atoms with E-state index in [1.165, 1.54) is 12.5 Å². The zero-order valence-corrected chi connectivity index (χ0v) is 19.0. The molecule has 0 atom stereocenters. The van der Waals surface area contributed by atoms with E-state index in [9.17, 15) is 17.6 Å². The molecule has 4 rings (SSSR count). The Morgan fingerprint density at radius 3 is 2.00 bits per heavy atom. The van der Waals surface area contributed by atoms with Crippen molar-refractivity contribution in [1.82, 2.24) is 0 Å². The lowest BCUT2D eigenvalue weighted by molar-refractivity contribution is -0.139. The molecule has 0 bridgehead atoms. The minimum Gasteiger partial charge on any atom is -0.399 e. The molecule has 1 aliphatic heterocycles. The maximum Gasteiger partial charge on any atom is 0.495 e. The predicted molar refractivity (Wildman–Crippen MR) is 118 cm³/mol. The standard InChI is InChI=1S/C25H29BF4O2/c1-23(2)24(3,4)32-26(31-23)21-12-10-17(14-19(21)16-8-6-5-7-9-16)18-11-13-22(27)20(15-18)25(28,29)30/h10-16H,5-9H2,1-4H3. The van der Waals surface area contributed by atoms with Crippen LogP contribution in [-0.2, 0) is 15.5 Å². The average Bonchev–Trinajstić information content (AvgIpc) is 2.94. The van der Waals surface area contributed by atoms with Crippen LogP contribution in [0.3, 0.4) is 0 Å². The van der Waals surface area contributed by atoms with Gasteiger partial charge in [-0.05, 0) is 80.7 Å². The van der Waals surface area contributed by atoms with E-state index in [-0.39, 0.29) is 0 Å². The fourth-order valence-electron chi connectivity index (χ4n) is 4.63. The first kappa shape index (κ1) is 23.3. The zero-order valence-electron chi connectivity index (χ0n) is 19.0. The number of alkyl halides is 3. The number of hydrogen-bond donors (Lipinski definition) is 0. The number of hydrogen-bond acceptors (Lipinski definition) is 2. The molecule has 2 aliphatic rings. The maximum atomic E-state index is 13.8. The highest BCUT2D eigenvalue weighted by Gasteiger charge is 2.52. The second kappa shape index (κ2) is 8.17. The molecule has 1 saturated carbocycles. The van der Waals surface area contributed by atoms with Crippen LogP contribution in [0.4, 0.5) is 17.6 Å². The van der Waals surface area contributed by atoms with Gasteiger partial charge in [0.2, 0.25) is 0 Å². The molecular weight excluding hydrogens is 419 g/mol. The van der Waals surface area contributed by atoms with Crippen molar-refractivity contribution < 1.29 is 26.9 Å². The van der Waals surface area contributed by atoms with Crippen molar-refractivity contribution in [3.63, 3.8) is 0 Å². The highest BCUT2D eigenvalue weighted by molar-refractivity contribution is 6.62. The Labute approximate surface area is 187 Å². The van der Waals surface area contributed by atoms with E-state index < -0.39 is 35.9 Å². The Morgan fingerprint density at radius 2 is 1.41 bits per heavy atom. The lowest BCUT2D eigenvalue weighted by Gasteiger charge is -2.32. The lowest BCUT2D eigenvalue weighted by atomic mass is 9.69. The van der Waals surface area contributed by atoms with Gasteiger partial charge >= 0.3 is 13.3 Å². The van der Waals surface area contributed by atoms with Crippen LogP contribution in [-0.4, -0.2) is 18.3 Å². The van der Waals surface area contributed by atoms with Gasteiger partial charge < -0.3 is 9.31 Å². The highest BCUT2D eigenvalue weighted by Crippen LogP contribution is 2.40. The summed E-state index contributed by atoms with van der Waals surface area (Å²) in [6.45, 7) is 8.00. The fraction of sp³-hybridized carbons (Fsp3) is 0.520. The molecule has 0 radical (unpaired) electrons. The SMILES string of the molecule is CC1(C)OB(c2ccc(-c3ccc(F)c(C(F)(F)F)c3)cc2C2CCCCC2)OC1(C)C. The third kappa shape index (κ3) is 4.34. The molecule has 0 unspecified atom stereocenters. The van der Waals surface area contributed by atoms with E-state index in [0.717, 1.165) is 48.8 Å². The van der Waals surface area contributed by atoms with Crippen LogP contribution < -0.4 is 5.46 Å². The van der Waals surface area contributed by atoms with Crippen molar-refractivity contribution >= 4 is 12.6 Å². The Bertz CT molecular complexity index is 978. The first-order valence-corrected chi connectivity index (χ1v) is 11.3. The van der Waals surface area contributed by atoms with Crippen LogP contribution in [0.2, 0.25) is 0 Å². The largest absolute Gasteiger partial charge is 0.495 e. The minimum absolute atomic E-state index is 0.292. The Kier molecular flexibility index (Phi) is 5.95. The van der Waals surface area contributed by atoms with Crippen LogP contribution in [0.15, 0.2) is 36.4 Å². The Morgan fingerprint density at radius 1 is 0.844 bits per heavy atom. The smallest absolute Gasteiger partial charge is 0.399 e. The molecule has 2 fully saturated rings. The average molecular weight is 448 g/mol. The molecule has 172 valence electrons. The summed E-state index contributed by atoms with van der Waals surface area (Å²) in [5.41, 5.74) is 0.741. The van der Waals surface area contributed by atoms with E-state index in [4.69, 9.17) is 9.31 Å². The van der Waals surface area contributed by atoms with Gasteiger partial charge in [0.15, 0.2) is 0 Å². The first-order valence-electron chi connectivity index (χ1n) is 11.3. The molecule has 0 spiro atoms. The van der Waals surface area contributed by atoms with Gasteiger partial charge in [-0.3, -0.25) is 0 Å². The molecule has 1 saturated heterocycles. The van der Waals surface area contributed by atoms with E-state index in [2.05, 4.69) is 0 Å². The van der Waals surface area contributed by atoms with E-state index in [1.807, 2.05) is 39.8 Å². The topological polar surface area (TPSA) is 18.5 Å². The van der Waals surface area contributed by atoms with Crippen LogP contribution in [0.5, 0.6) is 0 Å². The molecule has 2 nitrogen and oxygen atoms in total. The molecule has 0 amide bonds. The molecule has 0 aromatic heterocycles.